The summed E-state index contributed by atoms with van der Waals surface area (Å²) in [7, 11) is 0. The van der Waals surface area contributed by atoms with E-state index in [9.17, 15) is 14.4 Å². The Morgan fingerprint density at radius 1 is 1.33 bits per heavy atom. The number of esters is 1. The lowest BCUT2D eigenvalue weighted by molar-refractivity contribution is -0.157. The molecule has 0 amide bonds. The van der Waals surface area contributed by atoms with E-state index in [2.05, 4.69) is 0 Å². The fourth-order valence-electron chi connectivity index (χ4n) is 2.88. The minimum Gasteiger partial charge on any atom is -0.464 e. The van der Waals surface area contributed by atoms with Crippen molar-refractivity contribution in [1.82, 2.24) is 0 Å². The molecule has 2 aliphatic carbocycles. The van der Waals surface area contributed by atoms with Gasteiger partial charge >= 0.3 is 5.97 Å². The van der Waals surface area contributed by atoms with Crippen molar-refractivity contribution in [1.29, 1.82) is 0 Å². The molecule has 0 radical (unpaired) electrons. The van der Waals surface area contributed by atoms with E-state index in [1.807, 2.05) is 6.92 Å². The lowest BCUT2D eigenvalue weighted by Crippen LogP contribution is -2.42. The summed E-state index contributed by atoms with van der Waals surface area (Å²) in [5.74, 6) is -1.50. The maximum atomic E-state index is 11.9. The zero-order valence-electron chi connectivity index (χ0n) is 11.4. The first-order chi connectivity index (χ1) is 8.18. The smallest absolute Gasteiger partial charge is 0.311 e. The molecule has 3 atom stereocenters. The molecule has 2 saturated carbocycles. The molecule has 0 bridgehead atoms. The molecule has 0 aromatic carbocycles. The summed E-state index contributed by atoms with van der Waals surface area (Å²) in [4.78, 5) is 35.3. The third kappa shape index (κ3) is 1.78. The van der Waals surface area contributed by atoms with E-state index in [0.717, 1.165) is 12.8 Å². The largest absolute Gasteiger partial charge is 0.464 e. The number of Topliss-reactive ketones (excluding diaryl/α,β-unsaturated/α-hetero) is 2. The molecular weight excluding hydrogens is 232 g/mol. The minimum absolute atomic E-state index is 0.0493. The summed E-state index contributed by atoms with van der Waals surface area (Å²) in [5, 5.41) is 0. The number of carbonyl (C=O) groups is 3. The van der Waals surface area contributed by atoms with E-state index in [4.69, 9.17) is 4.74 Å². The molecule has 0 N–H and O–H groups in total. The normalized spacial score (nSPS) is 35.1. The summed E-state index contributed by atoms with van der Waals surface area (Å²) in [5.41, 5.74) is -0.849. The zero-order valence-corrected chi connectivity index (χ0v) is 11.4. The molecule has 0 aromatic rings. The van der Waals surface area contributed by atoms with Crippen LogP contribution in [-0.4, -0.2) is 24.1 Å². The van der Waals surface area contributed by atoms with E-state index in [-0.39, 0.29) is 35.5 Å². The van der Waals surface area contributed by atoms with Crippen molar-refractivity contribution in [2.75, 3.05) is 6.61 Å². The van der Waals surface area contributed by atoms with Crippen molar-refractivity contribution in [2.24, 2.45) is 22.7 Å². The highest BCUT2D eigenvalue weighted by Crippen LogP contribution is 2.57. The lowest BCUT2D eigenvalue weighted by atomic mass is 9.60. The summed E-state index contributed by atoms with van der Waals surface area (Å²) in [6.07, 6.45) is 1.66. The number of ether oxygens (including phenoxy) is 1. The maximum Gasteiger partial charge on any atom is 0.311 e. The SMILES string of the molecule is CC(C)(C)C(=O)OC[C@H]1C(=O)C(=O)[C@H]2CC[C@]21C. The van der Waals surface area contributed by atoms with Crippen LogP contribution in [0.25, 0.3) is 0 Å². The third-order valence-corrected chi connectivity index (χ3v) is 4.43. The molecule has 0 aromatic heterocycles. The van der Waals surface area contributed by atoms with Crippen molar-refractivity contribution in [3.8, 4) is 0 Å². The summed E-state index contributed by atoms with van der Waals surface area (Å²) in [6.45, 7) is 7.31. The van der Waals surface area contributed by atoms with E-state index in [0.29, 0.717) is 0 Å². The Balaban J connectivity index is 2.04. The van der Waals surface area contributed by atoms with Crippen LogP contribution in [0.1, 0.15) is 40.5 Å². The molecule has 0 unspecified atom stereocenters. The number of rotatable bonds is 2. The van der Waals surface area contributed by atoms with Gasteiger partial charge < -0.3 is 4.74 Å². The van der Waals surface area contributed by atoms with Crippen LogP contribution in [0.4, 0.5) is 0 Å². The molecule has 18 heavy (non-hydrogen) atoms. The molecule has 2 rings (SSSR count). The first-order valence-corrected chi connectivity index (χ1v) is 6.43. The van der Waals surface area contributed by atoms with Gasteiger partial charge in [-0.2, -0.15) is 0 Å². The monoisotopic (exact) mass is 252 g/mol. The van der Waals surface area contributed by atoms with Crippen LogP contribution in [0, 0.1) is 22.7 Å². The molecule has 0 heterocycles. The van der Waals surface area contributed by atoms with Crippen LogP contribution in [0.3, 0.4) is 0 Å². The third-order valence-electron chi connectivity index (χ3n) is 4.43. The molecule has 100 valence electrons. The van der Waals surface area contributed by atoms with Gasteiger partial charge in [0.25, 0.3) is 0 Å². The van der Waals surface area contributed by atoms with Crippen molar-refractivity contribution in [3.63, 3.8) is 0 Å². The molecule has 0 saturated heterocycles. The van der Waals surface area contributed by atoms with E-state index in [1.54, 1.807) is 20.8 Å². The van der Waals surface area contributed by atoms with Gasteiger partial charge in [-0.05, 0) is 39.0 Å². The van der Waals surface area contributed by atoms with E-state index in [1.165, 1.54) is 0 Å². The summed E-state index contributed by atoms with van der Waals surface area (Å²) < 4.78 is 5.21. The second-order valence-corrected chi connectivity index (χ2v) is 6.73. The van der Waals surface area contributed by atoms with Crippen molar-refractivity contribution >= 4 is 17.5 Å². The second-order valence-electron chi connectivity index (χ2n) is 6.73. The molecule has 2 fully saturated rings. The van der Waals surface area contributed by atoms with Crippen molar-refractivity contribution in [3.05, 3.63) is 0 Å². The van der Waals surface area contributed by atoms with Gasteiger partial charge in [0.1, 0.15) is 6.61 Å². The standard InChI is InChI=1S/C14H20O4/c1-13(2,3)12(17)18-7-9-11(16)10(15)8-5-6-14(8,9)4/h8-9H,5-7H2,1-4H3/t8-,9+,14-/m1/s1. The Kier molecular flexibility index (Phi) is 2.87. The maximum absolute atomic E-state index is 11.9. The first kappa shape index (κ1) is 13.2. The Hall–Kier alpha value is -1.19. The van der Waals surface area contributed by atoms with Crippen molar-refractivity contribution in [2.45, 2.75) is 40.5 Å². The second kappa shape index (κ2) is 3.90. The number of carbonyl (C=O) groups excluding carboxylic acids is 3. The van der Waals surface area contributed by atoms with Gasteiger partial charge in [0.15, 0.2) is 0 Å². The topological polar surface area (TPSA) is 60.4 Å². The van der Waals surface area contributed by atoms with Crippen LogP contribution < -0.4 is 0 Å². The quantitative estimate of drug-likeness (QED) is 0.555. The number of ketones is 2. The Morgan fingerprint density at radius 2 is 1.94 bits per heavy atom. The van der Waals surface area contributed by atoms with Crippen LogP contribution in [0.2, 0.25) is 0 Å². The molecule has 4 heteroatoms. The van der Waals surface area contributed by atoms with Gasteiger partial charge in [-0.3, -0.25) is 14.4 Å². The Bertz CT molecular complexity index is 418. The van der Waals surface area contributed by atoms with Crippen LogP contribution >= 0.6 is 0 Å². The van der Waals surface area contributed by atoms with Crippen LogP contribution in [0.5, 0.6) is 0 Å². The van der Waals surface area contributed by atoms with Gasteiger partial charge in [-0.15, -0.1) is 0 Å². The van der Waals surface area contributed by atoms with Gasteiger partial charge in [0.2, 0.25) is 11.6 Å². The van der Waals surface area contributed by atoms with Gasteiger partial charge in [-0.25, -0.2) is 0 Å². The van der Waals surface area contributed by atoms with Gasteiger partial charge in [0.05, 0.1) is 11.3 Å². The van der Waals surface area contributed by atoms with Gasteiger partial charge in [0, 0.05) is 5.92 Å². The number of fused-ring (bicyclic) bond motifs is 1. The summed E-state index contributed by atoms with van der Waals surface area (Å²) in [6, 6.07) is 0. The highest BCUT2D eigenvalue weighted by molar-refractivity contribution is 6.41. The molecule has 4 nitrogen and oxygen atoms in total. The summed E-state index contributed by atoms with van der Waals surface area (Å²) >= 11 is 0. The Labute approximate surface area is 107 Å². The predicted octanol–water partition coefficient (Wildman–Crippen LogP) is 1.76. The van der Waals surface area contributed by atoms with Crippen LogP contribution in [0.15, 0.2) is 0 Å². The van der Waals surface area contributed by atoms with E-state index < -0.39 is 11.3 Å². The average Bonchev–Trinajstić information content (AvgIpc) is 2.35. The highest BCUT2D eigenvalue weighted by atomic mass is 16.5. The number of hydrogen-bond donors (Lipinski definition) is 0. The van der Waals surface area contributed by atoms with Gasteiger partial charge in [-0.1, -0.05) is 6.92 Å². The molecule has 0 spiro atoms. The molecular formula is C14H20O4. The van der Waals surface area contributed by atoms with Crippen molar-refractivity contribution < 1.29 is 19.1 Å². The number of hydrogen-bond acceptors (Lipinski definition) is 4. The van der Waals surface area contributed by atoms with Crippen LogP contribution in [-0.2, 0) is 19.1 Å². The minimum atomic E-state index is -0.578. The molecule has 2 aliphatic rings. The fraction of sp³-hybridized carbons (Fsp3) is 0.786. The highest BCUT2D eigenvalue weighted by Gasteiger charge is 2.62. The van der Waals surface area contributed by atoms with E-state index >= 15 is 0 Å². The lowest BCUT2D eigenvalue weighted by Gasteiger charge is -2.43. The molecule has 0 aliphatic heterocycles. The fourth-order valence-corrected chi connectivity index (χ4v) is 2.88. The average molecular weight is 252 g/mol. The zero-order chi connectivity index (χ0) is 13.7. The Morgan fingerprint density at radius 3 is 2.33 bits per heavy atom. The predicted molar refractivity (Wildman–Crippen MR) is 64.7 cm³/mol. The first-order valence-electron chi connectivity index (χ1n) is 6.43.